The Morgan fingerprint density at radius 3 is 2.68 bits per heavy atom. The number of hydrogen-bond donors (Lipinski definition) is 3. The molecule has 3 N–H and O–H groups in total. The number of halogens is 1. The maximum atomic E-state index is 13.1. The summed E-state index contributed by atoms with van der Waals surface area (Å²) in [5.74, 6) is -0.310. The molecule has 0 aliphatic carbocycles. The second-order valence-electron chi connectivity index (χ2n) is 7.76. The van der Waals surface area contributed by atoms with Crippen LogP contribution in [0.25, 0.3) is 32.6 Å². The zero-order chi connectivity index (χ0) is 21.7. The second kappa shape index (κ2) is 7.43. The molecule has 4 aromatic carbocycles. The van der Waals surface area contributed by atoms with Gasteiger partial charge in [0.1, 0.15) is 5.75 Å². The molecule has 0 saturated heterocycles. The number of phenolic OH excluding ortho intramolecular Hbond substituents is 1. The van der Waals surface area contributed by atoms with E-state index in [2.05, 4.69) is 38.4 Å². The molecular formula is C26H21BrN2O2. The van der Waals surface area contributed by atoms with Crippen LogP contribution >= 0.6 is 15.9 Å². The molecule has 0 atom stereocenters. The van der Waals surface area contributed by atoms with Gasteiger partial charge in [-0.1, -0.05) is 53.2 Å². The van der Waals surface area contributed by atoms with Crippen molar-refractivity contribution < 1.29 is 9.90 Å². The number of rotatable bonds is 3. The number of hydrogen-bond acceptors (Lipinski definition) is 2. The molecule has 4 nitrogen and oxygen atoms in total. The molecule has 31 heavy (non-hydrogen) atoms. The number of aromatic hydroxyl groups is 1. The van der Waals surface area contributed by atoms with Crippen LogP contribution in [-0.4, -0.2) is 16.0 Å². The van der Waals surface area contributed by atoms with Crippen molar-refractivity contribution in [2.45, 2.75) is 20.3 Å². The van der Waals surface area contributed by atoms with Crippen molar-refractivity contribution in [3.05, 3.63) is 81.8 Å². The third-order valence-electron chi connectivity index (χ3n) is 5.95. The van der Waals surface area contributed by atoms with Crippen LogP contribution in [-0.2, 0) is 6.42 Å². The van der Waals surface area contributed by atoms with Crippen LogP contribution in [0, 0.1) is 6.92 Å². The molecule has 154 valence electrons. The average molecular weight is 473 g/mol. The summed E-state index contributed by atoms with van der Waals surface area (Å²) in [5, 5.41) is 18.0. The molecule has 0 spiro atoms. The average Bonchev–Trinajstić information content (AvgIpc) is 3.14. The maximum absolute atomic E-state index is 13.1. The van der Waals surface area contributed by atoms with E-state index in [1.807, 2.05) is 56.3 Å². The normalized spacial score (nSPS) is 11.5. The van der Waals surface area contributed by atoms with Gasteiger partial charge in [0.05, 0.1) is 11.1 Å². The Bertz CT molecular complexity index is 1500. The number of para-hydroxylation sites is 1. The van der Waals surface area contributed by atoms with E-state index in [1.54, 1.807) is 6.07 Å². The number of aromatic nitrogens is 1. The van der Waals surface area contributed by atoms with Gasteiger partial charge in [-0.05, 0) is 54.6 Å². The molecule has 5 aromatic rings. The maximum Gasteiger partial charge on any atom is 0.259 e. The van der Waals surface area contributed by atoms with E-state index in [0.717, 1.165) is 54.7 Å². The number of aromatic amines is 1. The van der Waals surface area contributed by atoms with Gasteiger partial charge in [-0.3, -0.25) is 4.79 Å². The number of carbonyl (C=O) groups excluding carboxylic acids is 1. The van der Waals surface area contributed by atoms with E-state index < -0.39 is 0 Å². The van der Waals surface area contributed by atoms with E-state index in [1.165, 1.54) is 0 Å². The van der Waals surface area contributed by atoms with Gasteiger partial charge < -0.3 is 15.4 Å². The molecule has 0 radical (unpaired) electrons. The number of amides is 1. The number of nitrogens with one attached hydrogen (secondary N) is 2. The van der Waals surface area contributed by atoms with Gasteiger partial charge in [0.2, 0.25) is 0 Å². The van der Waals surface area contributed by atoms with Crippen LogP contribution in [0.4, 0.5) is 5.69 Å². The van der Waals surface area contributed by atoms with Gasteiger partial charge >= 0.3 is 0 Å². The monoisotopic (exact) mass is 472 g/mol. The predicted molar refractivity (Wildman–Crippen MR) is 131 cm³/mol. The summed E-state index contributed by atoms with van der Waals surface area (Å²) in [6.07, 6.45) is 0.813. The third kappa shape index (κ3) is 3.17. The smallest absolute Gasteiger partial charge is 0.259 e. The molecule has 0 bridgehead atoms. The summed E-state index contributed by atoms with van der Waals surface area (Å²) in [6, 6.07) is 19.7. The van der Waals surface area contributed by atoms with Crippen molar-refractivity contribution in [1.82, 2.24) is 4.98 Å². The molecule has 0 aliphatic rings. The Hall–Kier alpha value is -3.31. The first-order chi connectivity index (χ1) is 15.0. The molecule has 0 saturated carbocycles. The van der Waals surface area contributed by atoms with Crippen LogP contribution in [0.3, 0.4) is 0 Å². The summed E-state index contributed by atoms with van der Waals surface area (Å²) < 4.78 is 1.01. The van der Waals surface area contributed by atoms with Crippen molar-refractivity contribution in [1.29, 1.82) is 0 Å². The van der Waals surface area contributed by atoms with E-state index in [0.29, 0.717) is 5.56 Å². The molecule has 0 fully saturated rings. The summed E-state index contributed by atoms with van der Waals surface area (Å²) in [5.41, 5.74) is 4.77. The molecule has 0 unspecified atom stereocenters. The largest absolute Gasteiger partial charge is 0.507 e. The highest BCUT2D eigenvalue weighted by Crippen LogP contribution is 2.38. The van der Waals surface area contributed by atoms with E-state index in [-0.39, 0.29) is 17.2 Å². The third-order valence-corrected chi connectivity index (χ3v) is 6.44. The Morgan fingerprint density at radius 2 is 1.87 bits per heavy atom. The van der Waals surface area contributed by atoms with Crippen molar-refractivity contribution >= 4 is 60.1 Å². The Labute approximate surface area is 188 Å². The van der Waals surface area contributed by atoms with Crippen molar-refractivity contribution in [2.24, 2.45) is 0 Å². The summed E-state index contributed by atoms with van der Waals surface area (Å²) in [7, 11) is 0. The molecule has 0 aliphatic heterocycles. The fraction of sp³-hybridized carbons (Fsp3) is 0.115. The van der Waals surface area contributed by atoms with Crippen LogP contribution in [0.5, 0.6) is 5.75 Å². The number of fused-ring (bicyclic) bond motifs is 5. The zero-order valence-corrected chi connectivity index (χ0v) is 18.8. The predicted octanol–water partition coefficient (Wildman–Crippen LogP) is 7.07. The molecule has 5 heteroatoms. The molecular weight excluding hydrogens is 452 g/mol. The van der Waals surface area contributed by atoms with Crippen molar-refractivity contribution in [3.63, 3.8) is 0 Å². The van der Waals surface area contributed by atoms with Crippen LogP contribution in [0.15, 0.2) is 65.1 Å². The second-order valence-corrected chi connectivity index (χ2v) is 8.68. The topological polar surface area (TPSA) is 65.1 Å². The lowest BCUT2D eigenvalue weighted by molar-refractivity contribution is 0.102. The number of anilines is 1. The summed E-state index contributed by atoms with van der Waals surface area (Å²) >= 11 is 3.54. The van der Waals surface area contributed by atoms with Gasteiger partial charge in [0.25, 0.3) is 5.91 Å². The van der Waals surface area contributed by atoms with E-state index in [4.69, 9.17) is 0 Å². The van der Waals surface area contributed by atoms with Gasteiger partial charge in [-0.25, -0.2) is 0 Å². The van der Waals surface area contributed by atoms with Gasteiger partial charge in [-0.2, -0.15) is 0 Å². The Morgan fingerprint density at radius 1 is 1.06 bits per heavy atom. The molecule has 1 heterocycles. The fourth-order valence-electron chi connectivity index (χ4n) is 4.34. The zero-order valence-electron chi connectivity index (χ0n) is 17.2. The van der Waals surface area contributed by atoms with Crippen LogP contribution in [0.2, 0.25) is 0 Å². The lowest BCUT2D eigenvalue weighted by Crippen LogP contribution is -2.14. The van der Waals surface area contributed by atoms with Gasteiger partial charge in [0.15, 0.2) is 0 Å². The van der Waals surface area contributed by atoms with E-state index in [9.17, 15) is 9.90 Å². The lowest BCUT2D eigenvalue weighted by Gasteiger charge is -2.14. The SMILES string of the molecule is CCc1ccccc1NC(=O)c1cc2ccc3c4cc(Br)ccc4[nH]c3c2c(C)c1O. The van der Waals surface area contributed by atoms with Crippen molar-refractivity contribution in [3.8, 4) is 5.75 Å². The number of H-pyrrole nitrogens is 1. The quantitative estimate of drug-likeness (QED) is 0.263. The van der Waals surface area contributed by atoms with Crippen LogP contribution < -0.4 is 5.32 Å². The number of phenols is 1. The summed E-state index contributed by atoms with van der Waals surface area (Å²) in [4.78, 5) is 16.5. The molecule has 5 rings (SSSR count). The van der Waals surface area contributed by atoms with E-state index >= 15 is 0 Å². The first-order valence-corrected chi connectivity index (χ1v) is 11.0. The minimum atomic E-state index is -0.316. The first kappa shape index (κ1) is 19.6. The molecule has 1 amide bonds. The number of carbonyl (C=O) groups is 1. The number of benzene rings is 4. The van der Waals surface area contributed by atoms with Crippen LogP contribution in [0.1, 0.15) is 28.4 Å². The highest BCUT2D eigenvalue weighted by molar-refractivity contribution is 9.10. The standard InChI is InChI=1S/C26H21BrN2O2/c1-3-15-6-4-5-7-21(15)29-26(31)20-12-16-8-10-18-19-13-17(27)9-11-22(19)28-24(18)23(16)14(2)25(20)30/h4-13,28,30H,3H2,1-2H3,(H,29,31). The summed E-state index contributed by atoms with van der Waals surface area (Å²) in [6.45, 7) is 3.90. The highest BCUT2D eigenvalue weighted by atomic mass is 79.9. The minimum Gasteiger partial charge on any atom is -0.507 e. The minimum absolute atomic E-state index is 0.00585. The first-order valence-electron chi connectivity index (χ1n) is 10.2. The molecule has 1 aromatic heterocycles. The van der Waals surface area contributed by atoms with Crippen molar-refractivity contribution in [2.75, 3.05) is 5.32 Å². The Kier molecular flexibility index (Phi) is 4.71. The highest BCUT2D eigenvalue weighted by Gasteiger charge is 2.19. The Balaban J connectivity index is 1.67. The van der Waals surface area contributed by atoms with Gasteiger partial charge in [0, 0.05) is 37.4 Å². The lowest BCUT2D eigenvalue weighted by atomic mass is 9.97. The number of aryl methyl sites for hydroxylation is 2. The fourth-order valence-corrected chi connectivity index (χ4v) is 4.70. The van der Waals surface area contributed by atoms with Gasteiger partial charge in [-0.15, -0.1) is 0 Å².